The number of hydrogen-bond acceptors (Lipinski definition) is 1. The van der Waals surface area contributed by atoms with Crippen molar-refractivity contribution in [1.29, 1.82) is 0 Å². The molecule has 5 heteroatoms. The monoisotopic (exact) mass is 310 g/mol. The van der Waals surface area contributed by atoms with Gasteiger partial charge in [-0.3, -0.25) is 0 Å². The van der Waals surface area contributed by atoms with Crippen molar-refractivity contribution >= 4 is 9.08 Å². The predicted molar refractivity (Wildman–Crippen MR) is 81.1 cm³/mol. The van der Waals surface area contributed by atoms with Crippen LogP contribution >= 0.6 is 0 Å². The molecule has 0 aromatic heterocycles. The maximum Gasteiger partial charge on any atom is 0.616 e. The lowest BCUT2D eigenvalue weighted by molar-refractivity contribution is 0.151. The van der Waals surface area contributed by atoms with Gasteiger partial charge in [-0.05, 0) is 19.8 Å². The van der Waals surface area contributed by atoms with E-state index in [0.29, 0.717) is 13.0 Å². The topological polar surface area (TPSA) is 9.23 Å². The number of unbranched alkanes of at least 4 members (excludes halogenated alkanes) is 8. The molecule has 0 spiro atoms. The Kier molecular flexibility index (Phi) is 12.3. The van der Waals surface area contributed by atoms with Crippen LogP contribution in [0.5, 0.6) is 0 Å². The largest absolute Gasteiger partial charge is 0.616 e. The van der Waals surface area contributed by atoms with Gasteiger partial charge in [0, 0.05) is 12.7 Å². The molecular weight excluding hydrogens is 281 g/mol. The third kappa shape index (κ3) is 17.7. The van der Waals surface area contributed by atoms with Gasteiger partial charge in [0.2, 0.25) is 0 Å². The maximum absolute atomic E-state index is 12.0. The Bertz CT molecular complexity index is 242. The third-order valence-electron chi connectivity index (χ3n) is 3.10. The van der Waals surface area contributed by atoms with Crippen LogP contribution in [0.3, 0.4) is 0 Å². The highest BCUT2D eigenvalue weighted by Crippen LogP contribution is 2.19. The Balaban J connectivity index is 3.05. The normalized spacial score (nSPS) is 11.8. The fourth-order valence-electron chi connectivity index (χ4n) is 2.01. The Morgan fingerprint density at radius 2 is 1.30 bits per heavy atom. The zero-order chi connectivity index (χ0) is 15.3. The molecule has 0 aromatic rings. The van der Waals surface area contributed by atoms with Crippen molar-refractivity contribution in [2.45, 2.75) is 70.8 Å². The molecular formula is C15H29F3OSi. The first-order valence-electron chi connectivity index (χ1n) is 7.70. The van der Waals surface area contributed by atoms with Gasteiger partial charge in [0.05, 0.1) is 6.61 Å². The molecule has 0 aliphatic heterocycles. The fourth-order valence-corrected chi connectivity index (χ4v) is 2.66. The standard InChI is InChI=1S/C15H29F3OSi/c1-15(2)14-19-12-10-8-6-4-3-5-7-9-11-13-20(16,17)18/h1,3-14H2,2H3. The van der Waals surface area contributed by atoms with Crippen molar-refractivity contribution in [3.05, 3.63) is 12.2 Å². The van der Waals surface area contributed by atoms with E-state index in [-0.39, 0.29) is 0 Å². The second kappa shape index (κ2) is 12.4. The molecule has 0 fully saturated rings. The minimum atomic E-state index is -5.28. The van der Waals surface area contributed by atoms with E-state index < -0.39 is 15.1 Å². The summed E-state index contributed by atoms with van der Waals surface area (Å²) in [7, 11) is -5.28. The number of ether oxygens (including phenoxy) is 1. The van der Waals surface area contributed by atoms with Crippen LogP contribution in [0.1, 0.15) is 64.7 Å². The first-order valence-corrected chi connectivity index (χ1v) is 9.55. The van der Waals surface area contributed by atoms with Gasteiger partial charge in [-0.15, -0.1) is 0 Å². The van der Waals surface area contributed by atoms with Crippen LogP contribution in [0.2, 0.25) is 6.04 Å². The Morgan fingerprint density at radius 3 is 1.75 bits per heavy atom. The van der Waals surface area contributed by atoms with Gasteiger partial charge in [0.25, 0.3) is 0 Å². The predicted octanol–water partition coefficient (Wildman–Crippen LogP) is 5.94. The number of rotatable bonds is 14. The average Bonchev–Trinajstić information content (AvgIpc) is 2.33. The molecule has 1 nitrogen and oxygen atoms in total. The highest BCUT2D eigenvalue weighted by molar-refractivity contribution is 6.58. The molecule has 0 radical (unpaired) electrons. The van der Waals surface area contributed by atoms with Crippen LogP contribution in [0, 0.1) is 0 Å². The van der Waals surface area contributed by atoms with Crippen LogP contribution in [0.25, 0.3) is 0 Å². The molecule has 0 saturated heterocycles. The van der Waals surface area contributed by atoms with E-state index in [2.05, 4.69) is 6.58 Å². The van der Waals surface area contributed by atoms with Crippen LogP contribution in [0.4, 0.5) is 12.3 Å². The van der Waals surface area contributed by atoms with Gasteiger partial charge in [0.1, 0.15) is 0 Å². The minimum absolute atomic E-state index is 0.343. The van der Waals surface area contributed by atoms with Gasteiger partial charge in [0.15, 0.2) is 0 Å². The van der Waals surface area contributed by atoms with Gasteiger partial charge in [-0.25, -0.2) is 12.3 Å². The first-order chi connectivity index (χ1) is 9.42. The van der Waals surface area contributed by atoms with Gasteiger partial charge in [-0.1, -0.05) is 57.1 Å². The van der Waals surface area contributed by atoms with Crippen LogP contribution < -0.4 is 0 Å². The summed E-state index contributed by atoms with van der Waals surface area (Å²) >= 11 is 0. The maximum atomic E-state index is 12.0. The van der Waals surface area contributed by atoms with Crippen LogP contribution in [0.15, 0.2) is 12.2 Å². The van der Waals surface area contributed by atoms with Gasteiger partial charge >= 0.3 is 9.08 Å². The summed E-state index contributed by atoms with van der Waals surface area (Å²) in [5.41, 5.74) is 1.05. The average molecular weight is 310 g/mol. The van der Waals surface area contributed by atoms with Crippen molar-refractivity contribution in [3.8, 4) is 0 Å². The molecule has 20 heavy (non-hydrogen) atoms. The summed E-state index contributed by atoms with van der Waals surface area (Å²) in [5.74, 6) is 0. The quantitative estimate of drug-likeness (QED) is 0.167. The summed E-state index contributed by atoms with van der Waals surface area (Å²) < 4.78 is 41.5. The summed E-state index contributed by atoms with van der Waals surface area (Å²) in [6, 6.07) is -0.489. The van der Waals surface area contributed by atoms with E-state index in [4.69, 9.17) is 4.74 Å². The highest BCUT2D eigenvalue weighted by atomic mass is 28.5. The molecule has 0 aliphatic rings. The van der Waals surface area contributed by atoms with Crippen LogP contribution in [-0.2, 0) is 4.74 Å². The van der Waals surface area contributed by atoms with Crippen molar-refractivity contribution in [3.63, 3.8) is 0 Å². The van der Waals surface area contributed by atoms with E-state index >= 15 is 0 Å². The zero-order valence-electron chi connectivity index (χ0n) is 12.7. The van der Waals surface area contributed by atoms with E-state index in [0.717, 1.165) is 44.3 Å². The number of halogens is 3. The molecule has 0 heterocycles. The molecule has 0 rings (SSSR count). The molecule has 0 bridgehead atoms. The lowest BCUT2D eigenvalue weighted by atomic mass is 10.1. The summed E-state index contributed by atoms with van der Waals surface area (Å²) in [6.45, 7) is 7.18. The van der Waals surface area contributed by atoms with E-state index in [1.54, 1.807) is 0 Å². The van der Waals surface area contributed by atoms with Gasteiger partial charge in [-0.2, -0.15) is 0 Å². The van der Waals surface area contributed by atoms with Crippen molar-refractivity contribution in [2.75, 3.05) is 13.2 Å². The smallest absolute Gasteiger partial charge is 0.377 e. The van der Waals surface area contributed by atoms with Crippen molar-refractivity contribution < 1.29 is 17.1 Å². The summed E-state index contributed by atoms with van der Waals surface area (Å²) in [4.78, 5) is 0. The van der Waals surface area contributed by atoms with Gasteiger partial charge < -0.3 is 4.74 Å². The molecule has 0 saturated carbocycles. The molecule has 0 atom stereocenters. The summed E-state index contributed by atoms with van der Waals surface area (Å²) in [5, 5.41) is 0. The third-order valence-corrected chi connectivity index (χ3v) is 4.02. The molecule has 0 amide bonds. The van der Waals surface area contributed by atoms with E-state index in [1.165, 1.54) is 19.3 Å². The van der Waals surface area contributed by atoms with Crippen molar-refractivity contribution in [2.24, 2.45) is 0 Å². The highest BCUT2D eigenvalue weighted by Gasteiger charge is 2.35. The Morgan fingerprint density at radius 1 is 0.850 bits per heavy atom. The van der Waals surface area contributed by atoms with Crippen LogP contribution in [-0.4, -0.2) is 22.3 Å². The minimum Gasteiger partial charge on any atom is -0.377 e. The Hall–Kier alpha value is -0.293. The second-order valence-corrected chi connectivity index (χ2v) is 7.29. The lowest BCUT2D eigenvalue weighted by Gasteiger charge is -2.04. The SMILES string of the molecule is C=C(C)COCCCCCCCCCCC[Si](F)(F)F. The molecule has 0 N–H and O–H groups in total. The lowest BCUT2D eigenvalue weighted by Crippen LogP contribution is -2.13. The van der Waals surface area contributed by atoms with Crippen molar-refractivity contribution in [1.82, 2.24) is 0 Å². The molecule has 0 unspecified atom stereocenters. The summed E-state index contributed by atoms with van der Waals surface area (Å²) in [6.07, 6.45) is 8.91. The molecule has 0 aromatic carbocycles. The van der Waals surface area contributed by atoms with E-state index in [9.17, 15) is 12.3 Å². The van der Waals surface area contributed by atoms with E-state index in [1.807, 2.05) is 6.92 Å². The zero-order valence-corrected chi connectivity index (χ0v) is 13.7. The Labute approximate surface area is 123 Å². The second-order valence-electron chi connectivity index (χ2n) is 5.56. The fraction of sp³-hybridized carbons (Fsp3) is 0.867. The number of hydrogen-bond donors (Lipinski definition) is 0. The molecule has 0 aliphatic carbocycles. The first kappa shape index (κ1) is 19.7. The molecule has 120 valence electrons.